The maximum atomic E-state index is 5.88. The van der Waals surface area contributed by atoms with Gasteiger partial charge in [-0.05, 0) is 31.6 Å². The summed E-state index contributed by atoms with van der Waals surface area (Å²) in [4.78, 5) is 0. The molecule has 0 radical (unpaired) electrons. The molecule has 2 unspecified atom stereocenters. The van der Waals surface area contributed by atoms with Crippen molar-refractivity contribution in [3.05, 3.63) is 11.6 Å². The van der Waals surface area contributed by atoms with Gasteiger partial charge in [0.2, 0.25) is 0 Å². The van der Waals surface area contributed by atoms with E-state index in [1.807, 2.05) is 0 Å². The average molecular weight is 240 g/mol. The van der Waals surface area contributed by atoms with E-state index in [4.69, 9.17) is 11.6 Å². The Morgan fingerprint density at radius 2 is 1.94 bits per heavy atom. The van der Waals surface area contributed by atoms with Gasteiger partial charge in [-0.25, -0.2) is 0 Å². The predicted molar refractivity (Wildman–Crippen MR) is 63.4 cm³/mol. The highest BCUT2D eigenvalue weighted by molar-refractivity contribution is 6.16. The standard InChI is InChI=1S/C12H18ClN3/c1-2-16-10(7-13)14-15-12(16)11-8-5-3-4-6-9(8)11/h8-9,11H,2-7H2,1H3. The van der Waals surface area contributed by atoms with Crippen LogP contribution in [0.15, 0.2) is 0 Å². The average Bonchev–Trinajstić information content (AvgIpc) is 2.91. The molecular formula is C12H18ClN3. The fraction of sp³-hybridized carbons (Fsp3) is 0.833. The molecule has 1 aromatic heterocycles. The summed E-state index contributed by atoms with van der Waals surface area (Å²) in [7, 11) is 0. The van der Waals surface area contributed by atoms with E-state index >= 15 is 0 Å². The molecule has 3 rings (SSSR count). The molecule has 4 heteroatoms. The number of hydrogen-bond donors (Lipinski definition) is 0. The number of alkyl halides is 1. The summed E-state index contributed by atoms with van der Waals surface area (Å²) in [6.45, 7) is 3.09. The van der Waals surface area contributed by atoms with Crippen LogP contribution in [0.1, 0.15) is 50.2 Å². The van der Waals surface area contributed by atoms with Crippen LogP contribution in [0.4, 0.5) is 0 Å². The Morgan fingerprint density at radius 3 is 2.50 bits per heavy atom. The minimum Gasteiger partial charge on any atom is -0.314 e. The van der Waals surface area contributed by atoms with E-state index < -0.39 is 0 Å². The van der Waals surface area contributed by atoms with Crippen LogP contribution in [0.5, 0.6) is 0 Å². The van der Waals surface area contributed by atoms with Crippen molar-refractivity contribution in [1.82, 2.24) is 14.8 Å². The van der Waals surface area contributed by atoms with Gasteiger partial charge in [0.25, 0.3) is 0 Å². The van der Waals surface area contributed by atoms with E-state index in [-0.39, 0.29) is 0 Å². The summed E-state index contributed by atoms with van der Waals surface area (Å²) < 4.78 is 2.22. The first-order valence-electron chi connectivity index (χ1n) is 6.34. The fourth-order valence-corrected chi connectivity index (χ4v) is 3.61. The minimum absolute atomic E-state index is 0.475. The first-order chi connectivity index (χ1) is 7.86. The van der Waals surface area contributed by atoms with E-state index in [2.05, 4.69) is 21.7 Å². The Bertz CT molecular complexity index is 376. The normalized spacial score (nSPS) is 32.5. The minimum atomic E-state index is 0.475. The van der Waals surface area contributed by atoms with Crippen LogP contribution in [0, 0.1) is 11.8 Å². The molecule has 3 nitrogen and oxygen atoms in total. The summed E-state index contributed by atoms with van der Waals surface area (Å²) in [5.74, 6) is 5.09. The van der Waals surface area contributed by atoms with Gasteiger partial charge in [0.15, 0.2) is 0 Å². The number of halogens is 1. The van der Waals surface area contributed by atoms with Crippen LogP contribution < -0.4 is 0 Å². The molecule has 2 aliphatic carbocycles. The molecule has 88 valence electrons. The lowest BCUT2D eigenvalue weighted by atomic mass is 10.0. The largest absolute Gasteiger partial charge is 0.314 e. The Kier molecular flexibility index (Phi) is 2.66. The Labute approximate surface area is 101 Å². The Morgan fingerprint density at radius 1 is 1.25 bits per heavy atom. The summed E-state index contributed by atoms with van der Waals surface area (Å²) in [5.41, 5.74) is 0. The molecule has 1 heterocycles. The van der Waals surface area contributed by atoms with Gasteiger partial charge >= 0.3 is 0 Å². The van der Waals surface area contributed by atoms with Crippen molar-refractivity contribution in [3.8, 4) is 0 Å². The molecular weight excluding hydrogens is 222 g/mol. The first-order valence-corrected chi connectivity index (χ1v) is 6.88. The second-order valence-corrected chi connectivity index (χ2v) is 5.26. The molecule has 0 bridgehead atoms. The molecule has 16 heavy (non-hydrogen) atoms. The lowest BCUT2D eigenvalue weighted by molar-refractivity contribution is 0.480. The third-order valence-corrected chi connectivity index (χ3v) is 4.49. The third-order valence-electron chi connectivity index (χ3n) is 4.25. The smallest absolute Gasteiger partial charge is 0.147 e. The van der Waals surface area contributed by atoms with Crippen molar-refractivity contribution in [2.45, 2.75) is 50.9 Å². The Hall–Kier alpha value is -0.570. The second kappa shape index (κ2) is 4.02. The van der Waals surface area contributed by atoms with Crippen LogP contribution in [0.2, 0.25) is 0 Å². The second-order valence-electron chi connectivity index (χ2n) is 4.99. The molecule has 2 atom stereocenters. The lowest BCUT2D eigenvalue weighted by Crippen LogP contribution is -2.05. The van der Waals surface area contributed by atoms with Crippen molar-refractivity contribution < 1.29 is 0 Å². The molecule has 2 fully saturated rings. The van der Waals surface area contributed by atoms with Crippen molar-refractivity contribution in [3.63, 3.8) is 0 Å². The monoisotopic (exact) mass is 239 g/mol. The molecule has 0 amide bonds. The number of nitrogens with zero attached hydrogens (tertiary/aromatic N) is 3. The topological polar surface area (TPSA) is 30.7 Å². The Balaban J connectivity index is 1.87. The number of rotatable bonds is 3. The van der Waals surface area contributed by atoms with E-state index in [0.717, 1.165) is 24.2 Å². The molecule has 0 aliphatic heterocycles. The van der Waals surface area contributed by atoms with E-state index in [1.165, 1.54) is 31.5 Å². The molecule has 0 aromatic carbocycles. The molecule has 2 saturated carbocycles. The van der Waals surface area contributed by atoms with Gasteiger partial charge in [-0.1, -0.05) is 12.8 Å². The number of aromatic nitrogens is 3. The van der Waals surface area contributed by atoms with Crippen molar-refractivity contribution >= 4 is 11.6 Å². The van der Waals surface area contributed by atoms with Gasteiger partial charge in [-0.3, -0.25) is 0 Å². The van der Waals surface area contributed by atoms with Gasteiger partial charge < -0.3 is 4.57 Å². The van der Waals surface area contributed by atoms with Crippen molar-refractivity contribution in [2.24, 2.45) is 11.8 Å². The van der Waals surface area contributed by atoms with E-state index in [9.17, 15) is 0 Å². The third kappa shape index (κ3) is 1.48. The summed E-state index contributed by atoms with van der Waals surface area (Å²) in [6, 6.07) is 0. The zero-order valence-corrected chi connectivity index (χ0v) is 10.5. The lowest BCUT2D eigenvalue weighted by Gasteiger charge is -2.04. The predicted octanol–water partition coefficient (Wildman–Crippen LogP) is 2.94. The molecule has 2 aliphatic rings. The maximum Gasteiger partial charge on any atom is 0.147 e. The highest BCUT2D eigenvalue weighted by Crippen LogP contribution is 2.60. The van der Waals surface area contributed by atoms with Gasteiger partial charge in [0.05, 0.1) is 5.88 Å². The zero-order chi connectivity index (χ0) is 11.1. The van der Waals surface area contributed by atoms with Crippen molar-refractivity contribution in [2.75, 3.05) is 0 Å². The highest BCUT2D eigenvalue weighted by atomic mass is 35.5. The molecule has 1 aromatic rings. The van der Waals surface area contributed by atoms with Crippen molar-refractivity contribution in [1.29, 1.82) is 0 Å². The number of hydrogen-bond acceptors (Lipinski definition) is 2. The van der Waals surface area contributed by atoms with Crippen LogP contribution in [0.25, 0.3) is 0 Å². The van der Waals surface area contributed by atoms with Gasteiger partial charge in [0.1, 0.15) is 11.6 Å². The van der Waals surface area contributed by atoms with Crippen LogP contribution in [-0.2, 0) is 12.4 Å². The molecule has 0 N–H and O–H groups in total. The van der Waals surface area contributed by atoms with E-state index in [1.54, 1.807) is 0 Å². The number of fused-ring (bicyclic) bond motifs is 1. The maximum absolute atomic E-state index is 5.88. The first kappa shape index (κ1) is 10.6. The van der Waals surface area contributed by atoms with Crippen LogP contribution >= 0.6 is 11.6 Å². The highest BCUT2D eigenvalue weighted by Gasteiger charge is 2.53. The van der Waals surface area contributed by atoms with Gasteiger partial charge in [-0.2, -0.15) is 0 Å². The summed E-state index contributed by atoms with van der Waals surface area (Å²) >= 11 is 5.88. The fourth-order valence-electron chi connectivity index (χ4n) is 3.41. The molecule has 0 spiro atoms. The van der Waals surface area contributed by atoms with E-state index in [0.29, 0.717) is 11.8 Å². The zero-order valence-electron chi connectivity index (χ0n) is 9.69. The van der Waals surface area contributed by atoms with Gasteiger partial charge in [-0.15, -0.1) is 21.8 Å². The van der Waals surface area contributed by atoms with Crippen LogP contribution in [-0.4, -0.2) is 14.8 Å². The molecule has 0 saturated heterocycles. The summed E-state index contributed by atoms with van der Waals surface area (Å²) in [5, 5.41) is 8.58. The quantitative estimate of drug-likeness (QED) is 0.760. The SMILES string of the molecule is CCn1c(CCl)nnc1C1C2CCCCC21. The summed E-state index contributed by atoms with van der Waals surface area (Å²) in [6.07, 6.45) is 5.59. The van der Waals surface area contributed by atoms with Gasteiger partial charge in [0, 0.05) is 12.5 Å². The van der Waals surface area contributed by atoms with Crippen LogP contribution in [0.3, 0.4) is 0 Å².